The summed E-state index contributed by atoms with van der Waals surface area (Å²) in [5, 5.41) is 4.90. The molecule has 0 radical (unpaired) electrons. The number of ether oxygens (including phenoxy) is 3. The quantitative estimate of drug-likeness (QED) is 0.349. The number of benzene rings is 2. The van der Waals surface area contributed by atoms with E-state index in [1.165, 1.54) is 11.5 Å². The van der Waals surface area contributed by atoms with Gasteiger partial charge < -0.3 is 31.0 Å². The molecule has 3 aromatic rings. The van der Waals surface area contributed by atoms with Crippen LogP contribution in [-0.2, 0) is 4.79 Å². The van der Waals surface area contributed by atoms with Gasteiger partial charge in [0, 0.05) is 16.5 Å². The van der Waals surface area contributed by atoms with Gasteiger partial charge in [0.25, 0.3) is 0 Å². The topological polar surface area (TPSA) is 122 Å². The summed E-state index contributed by atoms with van der Waals surface area (Å²) in [5.74, 6) is 1.63. The van der Waals surface area contributed by atoms with Gasteiger partial charge >= 0.3 is 0 Å². The Hall–Kier alpha value is -3.14. The van der Waals surface area contributed by atoms with Crippen molar-refractivity contribution in [1.82, 2.24) is 4.37 Å². The maximum Gasteiger partial charge on any atom is 0.241 e. The van der Waals surface area contributed by atoms with E-state index in [1.54, 1.807) is 21.3 Å². The number of carbonyl (C=O) groups is 1. The monoisotopic (exact) mass is 484 g/mol. The van der Waals surface area contributed by atoms with Gasteiger partial charge in [-0.05, 0) is 73.2 Å². The maximum absolute atomic E-state index is 12.7. The highest BCUT2D eigenvalue weighted by Crippen LogP contribution is 2.41. The highest BCUT2D eigenvalue weighted by atomic mass is 32.1. The van der Waals surface area contributed by atoms with E-state index < -0.39 is 6.04 Å². The van der Waals surface area contributed by atoms with Crippen LogP contribution in [-0.4, -0.2) is 44.2 Å². The lowest BCUT2D eigenvalue weighted by molar-refractivity contribution is -0.117. The lowest BCUT2D eigenvalue weighted by Crippen LogP contribution is -2.35. The average Bonchev–Trinajstić information content (AvgIpc) is 3.33. The molecule has 0 unspecified atom stereocenters. The molecule has 5 N–H and O–H groups in total. The lowest BCUT2D eigenvalue weighted by Gasteiger charge is -2.16. The van der Waals surface area contributed by atoms with Crippen LogP contribution in [0.25, 0.3) is 22.4 Å². The Bertz CT molecular complexity index is 1130. The predicted octanol–water partition coefficient (Wildman–Crippen LogP) is 4.21. The van der Waals surface area contributed by atoms with Gasteiger partial charge in [0.2, 0.25) is 5.91 Å². The largest absolute Gasteiger partial charge is 0.495 e. The highest BCUT2D eigenvalue weighted by molar-refractivity contribution is 7.04. The zero-order chi connectivity index (χ0) is 24.7. The van der Waals surface area contributed by atoms with Crippen LogP contribution in [0.15, 0.2) is 35.7 Å². The maximum atomic E-state index is 12.7. The van der Waals surface area contributed by atoms with Gasteiger partial charge in [-0.25, -0.2) is 0 Å². The first-order chi connectivity index (χ1) is 16.4. The van der Waals surface area contributed by atoms with Crippen LogP contribution in [0.2, 0.25) is 0 Å². The summed E-state index contributed by atoms with van der Waals surface area (Å²) in [6, 6.07) is 8.96. The summed E-state index contributed by atoms with van der Waals surface area (Å²) in [4.78, 5) is 12.7. The number of unbranched alkanes of at least 4 members (excludes halogenated alkanes) is 1. The Morgan fingerprint density at radius 1 is 1.06 bits per heavy atom. The number of aromatic nitrogens is 1. The van der Waals surface area contributed by atoms with E-state index in [9.17, 15) is 4.79 Å². The molecule has 0 aliphatic heterocycles. The van der Waals surface area contributed by atoms with Gasteiger partial charge in [0.1, 0.15) is 5.75 Å². The molecule has 34 heavy (non-hydrogen) atoms. The van der Waals surface area contributed by atoms with Crippen LogP contribution in [0.3, 0.4) is 0 Å². The van der Waals surface area contributed by atoms with Crippen molar-refractivity contribution in [3.05, 3.63) is 41.3 Å². The van der Waals surface area contributed by atoms with E-state index in [0.29, 0.717) is 35.9 Å². The van der Waals surface area contributed by atoms with Crippen molar-refractivity contribution >= 4 is 23.1 Å². The number of anilines is 1. The van der Waals surface area contributed by atoms with E-state index in [0.717, 1.165) is 40.8 Å². The fraction of sp³-hybridized carbons (Fsp3) is 0.360. The molecule has 1 aromatic heterocycles. The van der Waals surface area contributed by atoms with E-state index in [4.69, 9.17) is 25.7 Å². The minimum atomic E-state index is -0.618. The lowest BCUT2D eigenvalue weighted by atomic mass is 9.99. The molecule has 0 aliphatic rings. The van der Waals surface area contributed by atoms with Crippen LogP contribution < -0.4 is 31.0 Å². The first kappa shape index (κ1) is 25.5. The second-order valence-corrected chi connectivity index (χ2v) is 8.53. The van der Waals surface area contributed by atoms with Crippen LogP contribution in [0, 0.1) is 6.92 Å². The molecule has 1 atom stereocenters. The third-order valence-electron chi connectivity index (χ3n) is 5.58. The summed E-state index contributed by atoms with van der Waals surface area (Å²) in [6.07, 6.45) is 2.21. The number of nitrogens with zero attached hydrogens (tertiary/aromatic N) is 1. The summed E-state index contributed by atoms with van der Waals surface area (Å²) >= 11 is 1.36. The molecule has 0 saturated carbocycles. The summed E-state index contributed by atoms with van der Waals surface area (Å²) in [5.41, 5.74) is 16.7. The van der Waals surface area contributed by atoms with Crippen molar-refractivity contribution in [3.63, 3.8) is 0 Å². The standard InChI is InChI=1S/C25H32N4O4S/c1-15-11-17(13-22(32-3)24(15)33-4)23-18(14-34-29-23)16-8-9-21(31-2)20(12-16)28-25(30)19(27)7-5-6-10-26/h8-9,11-14,19H,5-7,10,26-27H2,1-4H3,(H,28,30)/t19-/m0/s1. The zero-order valence-corrected chi connectivity index (χ0v) is 20.8. The second kappa shape index (κ2) is 11.8. The van der Waals surface area contributed by atoms with E-state index in [1.807, 2.05) is 42.6 Å². The normalized spacial score (nSPS) is 11.7. The number of nitrogens with two attached hydrogens (primary N) is 2. The summed E-state index contributed by atoms with van der Waals surface area (Å²) in [6.45, 7) is 2.55. The molecule has 0 saturated heterocycles. The Kier molecular flexibility index (Phi) is 8.86. The van der Waals surface area contributed by atoms with Gasteiger partial charge in [0.05, 0.1) is 38.8 Å². The van der Waals surface area contributed by atoms with Gasteiger partial charge in [0.15, 0.2) is 11.5 Å². The molecule has 2 aromatic carbocycles. The fourth-order valence-corrected chi connectivity index (χ4v) is 4.49. The first-order valence-corrected chi connectivity index (χ1v) is 11.9. The number of carbonyl (C=O) groups excluding carboxylic acids is 1. The fourth-order valence-electron chi connectivity index (χ4n) is 3.78. The number of hydrogen-bond acceptors (Lipinski definition) is 8. The molecule has 1 heterocycles. The number of amides is 1. The van der Waals surface area contributed by atoms with Crippen LogP contribution in [0.1, 0.15) is 24.8 Å². The molecule has 0 fully saturated rings. The third-order valence-corrected chi connectivity index (χ3v) is 6.21. The predicted molar refractivity (Wildman–Crippen MR) is 137 cm³/mol. The molecule has 0 aliphatic carbocycles. The highest BCUT2D eigenvalue weighted by Gasteiger charge is 2.19. The average molecular weight is 485 g/mol. The molecule has 8 nitrogen and oxygen atoms in total. The van der Waals surface area contributed by atoms with E-state index in [2.05, 4.69) is 9.69 Å². The van der Waals surface area contributed by atoms with Gasteiger partial charge in [-0.15, -0.1) is 0 Å². The number of methoxy groups -OCH3 is 3. The van der Waals surface area contributed by atoms with Crippen LogP contribution in [0.4, 0.5) is 5.69 Å². The summed E-state index contributed by atoms with van der Waals surface area (Å²) in [7, 11) is 4.80. The van der Waals surface area contributed by atoms with Crippen molar-refractivity contribution in [3.8, 4) is 39.6 Å². The zero-order valence-electron chi connectivity index (χ0n) is 20.0. The number of rotatable bonds is 11. The number of aryl methyl sites for hydroxylation is 1. The SMILES string of the molecule is COc1ccc(-c2csnc2-c2cc(C)c(OC)c(OC)c2)cc1NC(=O)[C@@H](N)CCCCN. The Balaban J connectivity index is 1.94. The van der Waals surface area contributed by atoms with Crippen LogP contribution in [0.5, 0.6) is 17.2 Å². The van der Waals surface area contributed by atoms with Gasteiger partial charge in [-0.3, -0.25) is 4.79 Å². The van der Waals surface area contributed by atoms with Crippen molar-refractivity contribution in [2.24, 2.45) is 11.5 Å². The minimum absolute atomic E-state index is 0.258. The molecule has 3 rings (SSSR count). The molecular formula is C25H32N4O4S. The second-order valence-electron chi connectivity index (χ2n) is 7.90. The molecular weight excluding hydrogens is 452 g/mol. The number of nitrogens with one attached hydrogen (secondary N) is 1. The Morgan fingerprint density at radius 2 is 1.82 bits per heavy atom. The molecule has 0 bridgehead atoms. The van der Waals surface area contributed by atoms with Crippen molar-refractivity contribution in [2.45, 2.75) is 32.2 Å². The minimum Gasteiger partial charge on any atom is -0.495 e. The van der Waals surface area contributed by atoms with Crippen molar-refractivity contribution in [2.75, 3.05) is 33.2 Å². The Morgan fingerprint density at radius 3 is 2.50 bits per heavy atom. The van der Waals surface area contributed by atoms with Crippen molar-refractivity contribution < 1.29 is 19.0 Å². The molecule has 182 valence electrons. The van der Waals surface area contributed by atoms with Crippen molar-refractivity contribution in [1.29, 1.82) is 0 Å². The summed E-state index contributed by atoms with van der Waals surface area (Å²) < 4.78 is 21.1. The van der Waals surface area contributed by atoms with E-state index >= 15 is 0 Å². The third kappa shape index (κ3) is 5.67. The molecule has 1 amide bonds. The van der Waals surface area contributed by atoms with Gasteiger partial charge in [-0.2, -0.15) is 4.37 Å². The Labute approximate surface area is 204 Å². The first-order valence-electron chi connectivity index (χ1n) is 11.1. The van der Waals surface area contributed by atoms with E-state index in [-0.39, 0.29) is 5.91 Å². The van der Waals surface area contributed by atoms with Crippen LogP contribution >= 0.6 is 11.5 Å². The smallest absolute Gasteiger partial charge is 0.241 e. The number of hydrogen-bond donors (Lipinski definition) is 3. The molecule has 9 heteroatoms. The van der Waals surface area contributed by atoms with Gasteiger partial charge in [-0.1, -0.05) is 12.5 Å². The molecule has 0 spiro atoms.